The molecule has 2 saturated heterocycles. The molecule has 0 radical (unpaired) electrons. The average molecular weight is 730 g/mol. The number of benzene rings is 2. The number of carbonyl (C=O) groups excluding carboxylic acids is 1. The molecule has 48 heavy (non-hydrogen) atoms. The van der Waals surface area contributed by atoms with E-state index in [4.69, 9.17) is 28.8 Å². The summed E-state index contributed by atoms with van der Waals surface area (Å²) in [5, 5.41) is 22.2. The van der Waals surface area contributed by atoms with E-state index in [0.29, 0.717) is 30.7 Å². The van der Waals surface area contributed by atoms with Crippen molar-refractivity contribution >= 4 is 30.8 Å². The number of nitrogens with zero attached hydrogens (tertiary/aromatic N) is 1. The molecular weight excluding hydrogens is 680 g/mol. The van der Waals surface area contributed by atoms with Crippen LogP contribution in [0.25, 0.3) is 0 Å². The van der Waals surface area contributed by atoms with Gasteiger partial charge in [-0.2, -0.15) is 13.2 Å². The fraction of sp³-hybridized carbons (Fsp3) is 0.606. The normalized spacial score (nSPS) is 22.4. The van der Waals surface area contributed by atoms with Crippen LogP contribution < -0.4 is 5.32 Å². The number of rotatable bonds is 14. The molecule has 6 unspecified atom stereocenters. The second-order valence-electron chi connectivity index (χ2n) is 12.1. The Morgan fingerprint density at radius 2 is 1.75 bits per heavy atom. The van der Waals surface area contributed by atoms with Crippen LogP contribution in [0.5, 0.6) is 0 Å². The van der Waals surface area contributed by atoms with Crippen LogP contribution in [0.3, 0.4) is 0 Å². The summed E-state index contributed by atoms with van der Waals surface area (Å²) in [6.45, 7) is 7.19. The van der Waals surface area contributed by atoms with Crippen molar-refractivity contribution in [3.8, 4) is 0 Å². The lowest BCUT2D eigenvalue weighted by Gasteiger charge is -2.28. The first kappa shape index (κ1) is 44.0. The SMILES string of the molecule is CC(Cc1cccc(C(F)(F)F)c1)NCCOC(=O)c1ccccc1.CN(C)CCCOC1C(C(O)CO)OC2OC(C)(C)OC21.Cl.Cl. The minimum atomic E-state index is -4.34. The molecule has 4 rings (SSSR count). The van der Waals surface area contributed by atoms with Gasteiger partial charge in [0, 0.05) is 19.2 Å². The van der Waals surface area contributed by atoms with Crippen LogP contribution in [0.15, 0.2) is 54.6 Å². The molecule has 15 heteroatoms. The summed E-state index contributed by atoms with van der Waals surface area (Å²) < 4.78 is 66.3. The fourth-order valence-electron chi connectivity index (χ4n) is 5.11. The summed E-state index contributed by atoms with van der Waals surface area (Å²) in [6, 6.07) is 13.9. The van der Waals surface area contributed by atoms with Gasteiger partial charge in [0.05, 0.1) is 17.7 Å². The van der Waals surface area contributed by atoms with E-state index in [2.05, 4.69) is 10.2 Å². The number of nitrogens with one attached hydrogen (secondary N) is 1. The minimum absolute atomic E-state index is 0. The Balaban J connectivity index is 0.000000467. The second-order valence-corrected chi connectivity index (χ2v) is 12.1. The number of alkyl halides is 3. The Bertz CT molecular complexity index is 1210. The van der Waals surface area contributed by atoms with Crippen LogP contribution in [-0.2, 0) is 36.3 Å². The number of ether oxygens (including phenoxy) is 5. The van der Waals surface area contributed by atoms with Gasteiger partial charge >= 0.3 is 12.1 Å². The monoisotopic (exact) mass is 728 g/mol. The molecule has 0 bridgehead atoms. The van der Waals surface area contributed by atoms with Crippen molar-refractivity contribution in [3.63, 3.8) is 0 Å². The Labute approximate surface area is 293 Å². The van der Waals surface area contributed by atoms with Gasteiger partial charge in [-0.1, -0.05) is 36.4 Å². The van der Waals surface area contributed by atoms with E-state index in [-0.39, 0.29) is 50.2 Å². The quantitative estimate of drug-likeness (QED) is 0.190. The molecule has 2 aromatic carbocycles. The Morgan fingerprint density at radius 3 is 2.38 bits per heavy atom. The first-order chi connectivity index (χ1) is 21.7. The highest BCUT2D eigenvalue weighted by Crippen LogP contribution is 2.39. The molecule has 2 heterocycles. The van der Waals surface area contributed by atoms with Crippen molar-refractivity contribution in [2.75, 3.05) is 47.0 Å². The summed E-state index contributed by atoms with van der Waals surface area (Å²) in [5.41, 5.74) is 0.449. The zero-order valence-electron chi connectivity index (χ0n) is 27.9. The molecule has 10 nitrogen and oxygen atoms in total. The number of fused-ring (bicyclic) bond motifs is 1. The van der Waals surface area contributed by atoms with Crippen LogP contribution in [0, 0.1) is 0 Å². The molecule has 3 N–H and O–H groups in total. The van der Waals surface area contributed by atoms with Gasteiger partial charge in [-0.3, -0.25) is 0 Å². The van der Waals surface area contributed by atoms with Crippen molar-refractivity contribution in [2.45, 2.75) is 82.3 Å². The summed E-state index contributed by atoms with van der Waals surface area (Å²) in [6.07, 6.45) is -6.05. The van der Waals surface area contributed by atoms with Gasteiger partial charge in [0.1, 0.15) is 31.0 Å². The molecule has 2 aromatic rings. The topological polar surface area (TPSA) is 119 Å². The highest BCUT2D eigenvalue weighted by molar-refractivity contribution is 5.89. The Kier molecular flexibility index (Phi) is 18.9. The molecule has 2 aliphatic rings. The number of aliphatic hydroxyl groups is 2. The zero-order valence-corrected chi connectivity index (χ0v) is 29.5. The van der Waals surface area contributed by atoms with Crippen LogP contribution in [-0.4, -0.2) is 111 Å². The molecule has 6 atom stereocenters. The third-order valence-electron chi connectivity index (χ3n) is 7.29. The van der Waals surface area contributed by atoms with Gasteiger partial charge in [0.15, 0.2) is 12.1 Å². The molecule has 0 aliphatic carbocycles. The lowest BCUT2D eigenvalue weighted by molar-refractivity contribution is -0.231. The third kappa shape index (κ3) is 14.1. The van der Waals surface area contributed by atoms with Crippen molar-refractivity contribution < 1.29 is 51.9 Å². The lowest BCUT2D eigenvalue weighted by Crippen LogP contribution is -2.44. The Morgan fingerprint density at radius 1 is 1.06 bits per heavy atom. The van der Waals surface area contributed by atoms with E-state index in [1.807, 2.05) is 40.9 Å². The molecular formula is C33H49Cl2F3N2O8. The predicted octanol–water partition coefficient (Wildman–Crippen LogP) is 4.48. The van der Waals surface area contributed by atoms with Crippen molar-refractivity contribution in [1.29, 1.82) is 0 Å². The number of esters is 1. The highest BCUT2D eigenvalue weighted by atomic mass is 35.5. The maximum Gasteiger partial charge on any atom is 0.416 e. The van der Waals surface area contributed by atoms with E-state index >= 15 is 0 Å². The minimum Gasteiger partial charge on any atom is -0.461 e. The van der Waals surface area contributed by atoms with Crippen molar-refractivity contribution in [3.05, 3.63) is 71.3 Å². The van der Waals surface area contributed by atoms with E-state index in [0.717, 1.165) is 25.1 Å². The summed E-state index contributed by atoms with van der Waals surface area (Å²) >= 11 is 0. The van der Waals surface area contributed by atoms with Gasteiger partial charge in [-0.15, -0.1) is 24.8 Å². The van der Waals surface area contributed by atoms with Gasteiger partial charge < -0.3 is 44.1 Å². The van der Waals surface area contributed by atoms with Crippen LogP contribution in [0.4, 0.5) is 13.2 Å². The maximum atomic E-state index is 12.7. The number of halogens is 5. The number of aliphatic hydroxyl groups excluding tert-OH is 2. The van der Waals surface area contributed by atoms with Gasteiger partial charge in [0.2, 0.25) is 0 Å². The fourth-order valence-corrected chi connectivity index (χ4v) is 5.11. The number of hydrogen-bond donors (Lipinski definition) is 3. The molecule has 0 amide bonds. The molecule has 2 aliphatic heterocycles. The van der Waals surface area contributed by atoms with Gasteiger partial charge in [-0.05, 0) is 78.0 Å². The van der Waals surface area contributed by atoms with E-state index in [9.17, 15) is 23.1 Å². The third-order valence-corrected chi connectivity index (χ3v) is 7.29. The van der Waals surface area contributed by atoms with E-state index in [1.165, 1.54) is 6.07 Å². The standard InChI is InChI=1S/C19H20F3NO2.C14H27NO6.2ClH/c1-14(12-15-6-5-9-17(13-15)19(20,21)22)23-10-11-25-18(24)16-7-3-2-4-8-16;1-14(2)20-12-11(18-7-5-6-15(3)4)10(9(17)8-16)19-13(12)21-14;;/h2-9,13-14,23H,10-12H2,1H3;9-13,16-17H,5-8H2,1-4H3;2*1H. The van der Waals surface area contributed by atoms with Crippen LogP contribution in [0.1, 0.15) is 48.7 Å². The smallest absolute Gasteiger partial charge is 0.416 e. The number of carbonyl (C=O) groups is 1. The van der Waals surface area contributed by atoms with E-state index < -0.39 is 48.1 Å². The van der Waals surface area contributed by atoms with E-state index in [1.54, 1.807) is 30.3 Å². The summed E-state index contributed by atoms with van der Waals surface area (Å²) in [7, 11) is 4.01. The molecule has 0 spiro atoms. The predicted molar refractivity (Wildman–Crippen MR) is 179 cm³/mol. The first-order valence-corrected chi connectivity index (χ1v) is 15.4. The zero-order chi connectivity index (χ0) is 33.9. The highest BCUT2D eigenvalue weighted by Gasteiger charge is 2.56. The average Bonchev–Trinajstić information content (AvgIpc) is 3.48. The second kappa shape index (κ2) is 20.6. The first-order valence-electron chi connectivity index (χ1n) is 15.4. The molecule has 274 valence electrons. The van der Waals surface area contributed by atoms with Gasteiger partial charge in [-0.25, -0.2) is 4.79 Å². The van der Waals surface area contributed by atoms with Crippen LogP contribution in [0.2, 0.25) is 0 Å². The van der Waals surface area contributed by atoms with Crippen molar-refractivity contribution in [1.82, 2.24) is 10.2 Å². The molecule has 2 fully saturated rings. The summed E-state index contributed by atoms with van der Waals surface area (Å²) in [5.74, 6) is -1.12. The largest absolute Gasteiger partial charge is 0.461 e. The molecule has 0 aromatic heterocycles. The Hall–Kier alpha value is -2.04. The number of hydrogen-bond acceptors (Lipinski definition) is 10. The van der Waals surface area contributed by atoms with Gasteiger partial charge in [0.25, 0.3) is 0 Å². The molecule has 0 saturated carbocycles. The van der Waals surface area contributed by atoms with Crippen molar-refractivity contribution in [2.24, 2.45) is 0 Å². The maximum absolute atomic E-state index is 12.7. The summed E-state index contributed by atoms with van der Waals surface area (Å²) in [4.78, 5) is 13.8. The lowest BCUT2D eigenvalue weighted by atomic mass is 10.0. The van der Waals surface area contributed by atoms with Crippen LogP contribution >= 0.6 is 24.8 Å².